The predicted octanol–water partition coefficient (Wildman–Crippen LogP) is 4.40. The standard InChI is InChI=1S/C26H35N3O3/c1-4-26(5-2)17-21(26)24(30)28-16-14-22-20(18-28)23(25(31)32-6-3)27-29(22)15-10-13-19-11-8-7-9-12-19/h7-9,11-12,21H,4-6,10,13-18H2,1-3H3. The largest absolute Gasteiger partial charge is 0.461 e. The van der Waals surface area contributed by atoms with Gasteiger partial charge in [0.15, 0.2) is 5.69 Å². The van der Waals surface area contributed by atoms with Gasteiger partial charge in [0.25, 0.3) is 0 Å². The van der Waals surface area contributed by atoms with Crippen molar-refractivity contribution in [3.8, 4) is 0 Å². The summed E-state index contributed by atoms with van der Waals surface area (Å²) in [6.45, 7) is 8.39. The third-order valence-electron chi connectivity index (χ3n) is 7.49. The Morgan fingerprint density at radius 3 is 2.56 bits per heavy atom. The zero-order valence-corrected chi connectivity index (χ0v) is 19.6. The van der Waals surface area contributed by atoms with Gasteiger partial charge in [-0.2, -0.15) is 5.10 Å². The Hall–Kier alpha value is -2.63. The fourth-order valence-electron chi connectivity index (χ4n) is 5.25. The molecule has 1 aromatic carbocycles. The maximum Gasteiger partial charge on any atom is 0.359 e. The topological polar surface area (TPSA) is 64.4 Å². The molecule has 4 rings (SSSR count). The van der Waals surface area contributed by atoms with Crippen LogP contribution in [0.3, 0.4) is 0 Å². The van der Waals surface area contributed by atoms with Crippen LogP contribution < -0.4 is 0 Å². The zero-order valence-electron chi connectivity index (χ0n) is 19.6. The molecule has 6 heteroatoms. The van der Waals surface area contributed by atoms with Crippen LogP contribution in [0.5, 0.6) is 0 Å². The van der Waals surface area contributed by atoms with E-state index in [0.29, 0.717) is 25.4 Å². The molecular formula is C26H35N3O3. The van der Waals surface area contributed by atoms with Crippen molar-refractivity contribution in [2.75, 3.05) is 13.2 Å². The second-order valence-corrected chi connectivity index (χ2v) is 9.14. The number of nitrogens with zero attached hydrogens (tertiary/aromatic N) is 3. The molecule has 0 radical (unpaired) electrons. The Morgan fingerprint density at radius 1 is 1.16 bits per heavy atom. The molecule has 6 nitrogen and oxygen atoms in total. The second-order valence-electron chi connectivity index (χ2n) is 9.14. The summed E-state index contributed by atoms with van der Waals surface area (Å²) >= 11 is 0. The number of carbonyl (C=O) groups excluding carboxylic acids is 2. The van der Waals surface area contributed by atoms with Gasteiger partial charge in [0.05, 0.1) is 6.61 Å². The van der Waals surface area contributed by atoms with Gasteiger partial charge in [-0.3, -0.25) is 9.48 Å². The summed E-state index contributed by atoms with van der Waals surface area (Å²) in [5.74, 6) is -0.0141. The summed E-state index contributed by atoms with van der Waals surface area (Å²) in [6, 6.07) is 10.4. The highest BCUT2D eigenvalue weighted by Gasteiger charge is 2.56. The molecule has 2 aliphatic rings. The lowest BCUT2D eigenvalue weighted by atomic mass is 9.96. The third-order valence-corrected chi connectivity index (χ3v) is 7.49. The van der Waals surface area contributed by atoms with Gasteiger partial charge in [-0.1, -0.05) is 44.2 Å². The Labute approximate surface area is 190 Å². The normalized spacial score (nSPS) is 18.8. The molecule has 1 aromatic heterocycles. The Balaban J connectivity index is 1.50. The summed E-state index contributed by atoms with van der Waals surface area (Å²) in [5.41, 5.74) is 3.83. The first-order chi connectivity index (χ1) is 15.5. The van der Waals surface area contributed by atoms with Crippen LogP contribution in [-0.2, 0) is 35.5 Å². The first kappa shape index (κ1) is 22.6. The first-order valence-corrected chi connectivity index (χ1v) is 12.1. The lowest BCUT2D eigenvalue weighted by molar-refractivity contribution is -0.134. The second kappa shape index (κ2) is 9.47. The van der Waals surface area contributed by atoms with Crippen LogP contribution in [-0.4, -0.2) is 39.7 Å². The minimum Gasteiger partial charge on any atom is -0.461 e. The SMILES string of the molecule is CCOC(=O)c1nn(CCCc2ccccc2)c2c1CN(C(=O)C1CC1(CC)CC)CC2. The van der Waals surface area contributed by atoms with Crippen molar-refractivity contribution in [1.29, 1.82) is 0 Å². The van der Waals surface area contributed by atoms with Crippen LogP contribution in [0.1, 0.15) is 73.8 Å². The third kappa shape index (κ3) is 4.32. The minimum atomic E-state index is -0.386. The highest BCUT2D eigenvalue weighted by molar-refractivity contribution is 5.90. The van der Waals surface area contributed by atoms with Gasteiger partial charge >= 0.3 is 5.97 Å². The van der Waals surface area contributed by atoms with Crippen LogP contribution in [0.25, 0.3) is 0 Å². The molecule has 1 saturated carbocycles. The van der Waals surface area contributed by atoms with Crippen molar-refractivity contribution in [1.82, 2.24) is 14.7 Å². The number of hydrogen-bond donors (Lipinski definition) is 0. The molecule has 1 atom stereocenters. The number of hydrogen-bond acceptors (Lipinski definition) is 4. The summed E-state index contributed by atoms with van der Waals surface area (Å²) in [7, 11) is 0. The number of fused-ring (bicyclic) bond motifs is 1. The molecule has 0 spiro atoms. The van der Waals surface area contributed by atoms with Gasteiger partial charge in [-0.15, -0.1) is 0 Å². The molecule has 1 amide bonds. The molecule has 1 unspecified atom stereocenters. The molecule has 1 aliphatic heterocycles. The lowest BCUT2D eigenvalue weighted by Crippen LogP contribution is -2.38. The van der Waals surface area contributed by atoms with E-state index in [0.717, 1.165) is 56.3 Å². The quantitative estimate of drug-likeness (QED) is 0.545. The molecule has 0 bridgehead atoms. The van der Waals surface area contributed by atoms with E-state index in [1.165, 1.54) is 5.56 Å². The number of carbonyl (C=O) groups is 2. The van der Waals surface area contributed by atoms with Gasteiger partial charge in [-0.25, -0.2) is 4.79 Å². The summed E-state index contributed by atoms with van der Waals surface area (Å²) in [6.07, 6.45) is 5.73. The number of ether oxygens (including phenoxy) is 1. The molecule has 172 valence electrons. The number of aromatic nitrogens is 2. The van der Waals surface area contributed by atoms with Gasteiger partial charge in [-0.05, 0) is 50.0 Å². The van der Waals surface area contributed by atoms with Crippen LogP contribution in [0.4, 0.5) is 0 Å². The molecular weight excluding hydrogens is 402 g/mol. The van der Waals surface area contributed by atoms with Crippen LogP contribution in [0, 0.1) is 11.3 Å². The van der Waals surface area contributed by atoms with Crippen molar-refractivity contribution < 1.29 is 14.3 Å². The van der Waals surface area contributed by atoms with Crippen LogP contribution in [0.2, 0.25) is 0 Å². The summed E-state index contributed by atoms with van der Waals surface area (Å²) in [5, 5.41) is 4.66. The van der Waals surface area contributed by atoms with E-state index in [9.17, 15) is 9.59 Å². The van der Waals surface area contributed by atoms with E-state index in [-0.39, 0.29) is 23.2 Å². The average molecular weight is 438 g/mol. The van der Waals surface area contributed by atoms with E-state index in [4.69, 9.17) is 4.74 Å². The van der Waals surface area contributed by atoms with E-state index >= 15 is 0 Å². The van der Waals surface area contributed by atoms with Crippen molar-refractivity contribution in [2.24, 2.45) is 11.3 Å². The van der Waals surface area contributed by atoms with Gasteiger partial charge in [0.1, 0.15) is 0 Å². The Kier molecular flexibility index (Phi) is 6.68. The van der Waals surface area contributed by atoms with Gasteiger partial charge < -0.3 is 9.64 Å². The van der Waals surface area contributed by atoms with Crippen molar-refractivity contribution in [3.63, 3.8) is 0 Å². The predicted molar refractivity (Wildman–Crippen MR) is 123 cm³/mol. The molecule has 0 saturated heterocycles. The number of esters is 1. The zero-order chi connectivity index (χ0) is 22.7. The number of rotatable bonds is 9. The smallest absolute Gasteiger partial charge is 0.359 e. The van der Waals surface area contributed by atoms with Crippen molar-refractivity contribution in [3.05, 3.63) is 52.8 Å². The van der Waals surface area contributed by atoms with Gasteiger partial charge in [0.2, 0.25) is 5.91 Å². The van der Waals surface area contributed by atoms with Crippen LogP contribution in [0.15, 0.2) is 30.3 Å². The Bertz CT molecular complexity index is 962. The summed E-state index contributed by atoms with van der Waals surface area (Å²) in [4.78, 5) is 27.8. The molecule has 32 heavy (non-hydrogen) atoms. The first-order valence-electron chi connectivity index (χ1n) is 12.1. The number of amides is 1. The van der Waals surface area contributed by atoms with E-state index in [1.807, 2.05) is 15.6 Å². The minimum absolute atomic E-state index is 0.131. The summed E-state index contributed by atoms with van der Waals surface area (Å²) < 4.78 is 7.26. The van der Waals surface area contributed by atoms with Crippen LogP contribution >= 0.6 is 0 Å². The van der Waals surface area contributed by atoms with Gasteiger partial charge in [0, 0.05) is 43.2 Å². The van der Waals surface area contributed by atoms with Crippen molar-refractivity contribution >= 4 is 11.9 Å². The molecule has 2 heterocycles. The monoisotopic (exact) mass is 437 g/mol. The van der Waals surface area contributed by atoms with E-state index in [1.54, 1.807) is 6.92 Å². The van der Waals surface area contributed by atoms with E-state index < -0.39 is 0 Å². The average Bonchev–Trinajstić information content (AvgIpc) is 3.46. The van der Waals surface area contributed by atoms with E-state index in [2.05, 4.69) is 43.2 Å². The lowest BCUT2D eigenvalue weighted by Gasteiger charge is -2.29. The fraction of sp³-hybridized carbons (Fsp3) is 0.577. The maximum absolute atomic E-state index is 13.2. The Morgan fingerprint density at radius 2 is 1.91 bits per heavy atom. The number of aryl methyl sites for hydroxylation is 2. The highest BCUT2D eigenvalue weighted by Crippen LogP contribution is 2.58. The number of benzene rings is 1. The maximum atomic E-state index is 13.2. The molecule has 2 aromatic rings. The van der Waals surface area contributed by atoms with Crippen molar-refractivity contribution in [2.45, 2.75) is 72.4 Å². The molecule has 1 fully saturated rings. The molecule has 0 N–H and O–H groups in total. The molecule has 1 aliphatic carbocycles. The fourth-order valence-corrected chi connectivity index (χ4v) is 5.25. The highest BCUT2D eigenvalue weighted by atomic mass is 16.5.